The number of nitrogens with one attached hydrogen (secondary N) is 1. The molecule has 2 N–H and O–H groups in total. The lowest BCUT2D eigenvalue weighted by Gasteiger charge is -2.31. The van der Waals surface area contributed by atoms with Crippen LogP contribution < -0.4 is 5.32 Å². The lowest BCUT2D eigenvalue weighted by molar-refractivity contribution is -0.146. The second-order valence-electron chi connectivity index (χ2n) is 5.92. The summed E-state index contributed by atoms with van der Waals surface area (Å²) in [6.07, 6.45) is 0. The number of aliphatic carboxylic acids is 1. The highest BCUT2D eigenvalue weighted by Crippen LogP contribution is 2.29. The number of hydrogen-bond acceptors (Lipinski definition) is 2. The summed E-state index contributed by atoms with van der Waals surface area (Å²) in [4.78, 5) is 22.8. The van der Waals surface area contributed by atoms with Gasteiger partial charge in [-0.25, -0.2) is 0 Å². The van der Waals surface area contributed by atoms with Gasteiger partial charge in [-0.05, 0) is 37.8 Å². The van der Waals surface area contributed by atoms with Gasteiger partial charge in [-0.2, -0.15) is 0 Å². The molecule has 0 aliphatic heterocycles. The first-order valence-corrected chi connectivity index (χ1v) is 6.81. The van der Waals surface area contributed by atoms with Crippen LogP contribution in [0, 0.1) is 5.92 Å². The molecule has 0 saturated carbocycles. The Bertz CT molecular complexity index is 506. The second kappa shape index (κ2) is 6.07. The smallest absolute Gasteiger partial charge is 0.315 e. The SMILES string of the molecule is CC(C(=O)O)C(=O)NC(C)(C)c1ccccc1C(C)C. The van der Waals surface area contributed by atoms with Gasteiger partial charge in [0.25, 0.3) is 0 Å². The van der Waals surface area contributed by atoms with Crippen LogP contribution in [0.3, 0.4) is 0 Å². The minimum absolute atomic E-state index is 0.333. The number of carbonyl (C=O) groups excluding carboxylic acids is 1. The van der Waals surface area contributed by atoms with Crippen molar-refractivity contribution < 1.29 is 14.7 Å². The third-order valence-corrected chi connectivity index (χ3v) is 3.46. The van der Waals surface area contributed by atoms with Gasteiger partial charge >= 0.3 is 5.97 Å². The van der Waals surface area contributed by atoms with Crippen LogP contribution in [0.2, 0.25) is 0 Å². The molecule has 4 nitrogen and oxygen atoms in total. The molecule has 1 unspecified atom stereocenters. The van der Waals surface area contributed by atoms with Crippen LogP contribution in [0.15, 0.2) is 24.3 Å². The summed E-state index contributed by atoms with van der Waals surface area (Å²) >= 11 is 0. The van der Waals surface area contributed by atoms with E-state index < -0.39 is 23.3 Å². The Balaban J connectivity index is 3.05. The molecule has 1 rings (SSSR count). The van der Waals surface area contributed by atoms with E-state index in [-0.39, 0.29) is 0 Å². The Labute approximate surface area is 120 Å². The molecule has 1 aromatic carbocycles. The second-order valence-corrected chi connectivity index (χ2v) is 5.92. The highest BCUT2D eigenvalue weighted by Gasteiger charge is 2.30. The average molecular weight is 277 g/mol. The van der Waals surface area contributed by atoms with E-state index >= 15 is 0 Å². The molecule has 1 aromatic rings. The standard InChI is InChI=1S/C16H23NO3/c1-10(2)12-8-6-7-9-13(12)16(4,5)17-14(18)11(3)15(19)20/h6-11H,1-5H3,(H,17,18)(H,19,20). The summed E-state index contributed by atoms with van der Waals surface area (Å²) in [5, 5.41) is 11.7. The van der Waals surface area contributed by atoms with Crippen LogP contribution in [0.1, 0.15) is 51.7 Å². The van der Waals surface area contributed by atoms with E-state index in [9.17, 15) is 9.59 Å². The molecule has 0 spiro atoms. The maximum absolute atomic E-state index is 12.0. The van der Waals surface area contributed by atoms with Crippen LogP contribution >= 0.6 is 0 Å². The fraction of sp³-hybridized carbons (Fsp3) is 0.500. The van der Waals surface area contributed by atoms with E-state index in [2.05, 4.69) is 19.2 Å². The third-order valence-electron chi connectivity index (χ3n) is 3.46. The van der Waals surface area contributed by atoms with Crippen molar-refractivity contribution in [2.75, 3.05) is 0 Å². The van der Waals surface area contributed by atoms with Crippen molar-refractivity contribution in [3.63, 3.8) is 0 Å². The number of carboxylic acids is 1. The van der Waals surface area contributed by atoms with Crippen molar-refractivity contribution in [3.8, 4) is 0 Å². The number of benzene rings is 1. The van der Waals surface area contributed by atoms with Crippen molar-refractivity contribution in [1.82, 2.24) is 5.32 Å². The van der Waals surface area contributed by atoms with E-state index in [0.717, 1.165) is 11.1 Å². The zero-order valence-corrected chi connectivity index (χ0v) is 12.7. The molecule has 0 fully saturated rings. The van der Waals surface area contributed by atoms with E-state index in [0.29, 0.717) is 5.92 Å². The monoisotopic (exact) mass is 277 g/mol. The minimum Gasteiger partial charge on any atom is -0.481 e. The largest absolute Gasteiger partial charge is 0.481 e. The summed E-state index contributed by atoms with van der Waals surface area (Å²) in [5.41, 5.74) is 1.56. The minimum atomic E-state index is -1.12. The molecule has 0 aliphatic carbocycles. The first-order chi connectivity index (χ1) is 9.16. The van der Waals surface area contributed by atoms with Crippen molar-refractivity contribution in [2.45, 2.75) is 46.1 Å². The van der Waals surface area contributed by atoms with Gasteiger partial charge in [-0.15, -0.1) is 0 Å². The summed E-state index contributed by atoms with van der Waals surface area (Å²) in [6, 6.07) is 7.90. The van der Waals surface area contributed by atoms with Crippen molar-refractivity contribution in [2.24, 2.45) is 5.92 Å². The predicted molar refractivity (Wildman–Crippen MR) is 78.5 cm³/mol. The Hall–Kier alpha value is -1.84. The van der Waals surface area contributed by atoms with Crippen LogP contribution in [-0.2, 0) is 15.1 Å². The lowest BCUT2D eigenvalue weighted by Crippen LogP contribution is -2.45. The van der Waals surface area contributed by atoms with Gasteiger partial charge in [0, 0.05) is 0 Å². The summed E-state index contributed by atoms with van der Waals surface area (Å²) in [5.74, 6) is -2.31. The fourth-order valence-corrected chi connectivity index (χ4v) is 2.17. The highest BCUT2D eigenvalue weighted by molar-refractivity contribution is 5.96. The van der Waals surface area contributed by atoms with Gasteiger partial charge < -0.3 is 10.4 Å². The van der Waals surface area contributed by atoms with Crippen LogP contribution in [-0.4, -0.2) is 17.0 Å². The van der Waals surface area contributed by atoms with Gasteiger partial charge in [0.2, 0.25) is 5.91 Å². The molecule has 4 heteroatoms. The molecule has 0 heterocycles. The zero-order valence-electron chi connectivity index (χ0n) is 12.7. The summed E-state index contributed by atoms with van der Waals surface area (Å²) < 4.78 is 0. The topological polar surface area (TPSA) is 66.4 Å². The Kier molecular flexibility index (Phi) is 4.93. The lowest BCUT2D eigenvalue weighted by atomic mass is 9.85. The molecule has 0 saturated heterocycles. The first kappa shape index (κ1) is 16.2. The van der Waals surface area contributed by atoms with E-state index in [1.807, 2.05) is 38.1 Å². The summed E-state index contributed by atoms with van der Waals surface area (Å²) in [6.45, 7) is 9.36. The van der Waals surface area contributed by atoms with Gasteiger partial charge in [-0.3, -0.25) is 9.59 Å². The molecule has 20 heavy (non-hydrogen) atoms. The third kappa shape index (κ3) is 3.59. The molecule has 0 aromatic heterocycles. The van der Waals surface area contributed by atoms with Crippen LogP contribution in [0.4, 0.5) is 0 Å². The maximum Gasteiger partial charge on any atom is 0.315 e. The van der Waals surface area contributed by atoms with Crippen LogP contribution in [0.5, 0.6) is 0 Å². The quantitative estimate of drug-likeness (QED) is 0.813. The normalized spacial score (nSPS) is 13.1. The van der Waals surface area contributed by atoms with E-state index in [1.165, 1.54) is 6.92 Å². The molecule has 110 valence electrons. The van der Waals surface area contributed by atoms with Gasteiger partial charge in [0.15, 0.2) is 0 Å². The van der Waals surface area contributed by atoms with E-state index in [1.54, 1.807) is 0 Å². The van der Waals surface area contributed by atoms with Gasteiger partial charge in [-0.1, -0.05) is 38.1 Å². The fourth-order valence-electron chi connectivity index (χ4n) is 2.17. The first-order valence-electron chi connectivity index (χ1n) is 6.81. The molecular weight excluding hydrogens is 254 g/mol. The number of carbonyl (C=O) groups is 2. The van der Waals surface area contributed by atoms with Gasteiger partial charge in [0.1, 0.15) is 5.92 Å². The van der Waals surface area contributed by atoms with E-state index in [4.69, 9.17) is 5.11 Å². The summed E-state index contributed by atoms with van der Waals surface area (Å²) in [7, 11) is 0. The van der Waals surface area contributed by atoms with Crippen molar-refractivity contribution >= 4 is 11.9 Å². The van der Waals surface area contributed by atoms with Crippen LogP contribution in [0.25, 0.3) is 0 Å². The van der Waals surface area contributed by atoms with Gasteiger partial charge in [0.05, 0.1) is 5.54 Å². The Morgan fingerprint density at radius 2 is 1.70 bits per heavy atom. The average Bonchev–Trinajstić information content (AvgIpc) is 2.37. The number of carboxylic acid groups (broad SMARTS) is 1. The van der Waals surface area contributed by atoms with Crippen molar-refractivity contribution in [3.05, 3.63) is 35.4 Å². The number of rotatable bonds is 5. The van der Waals surface area contributed by atoms with Crippen molar-refractivity contribution in [1.29, 1.82) is 0 Å². The molecular formula is C16H23NO3. The Morgan fingerprint density at radius 3 is 2.20 bits per heavy atom. The Morgan fingerprint density at radius 1 is 1.15 bits per heavy atom. The molecule has 0 radical (unpaired) electrons. The zero-order chi connectivity index (χ0) is 15.5. The molecule has 0 bridgehead atoms. The molecule has 0 aliphatic rings. The molecule has 1 atom stereocenters. The number of amides is 1. The number of hydrogen-bond donors (Lipinski definition) is 2. The maximum atomic E-state index is 12.0. The highest BCUT2D eigenvalue weighted by atomic mass is 16.4. The molecule has 1 amide bonds. The predicted octanol–water partition coefficient (Wildman–Crippen LogP) is 2.88.